The summed E-state index contributed by atoms with van der Waals surface area (Å²) in [7, 11) is 0. The molecule has 2 fully saturated rings. The van der Waals surface area contributed by atoms with E-state index in [0.29, 0.717) is 32.0 Å². The lowest BCUT2D eigenvalue weighted by Gasteiger charge is -2.39. The standard InChI is InChI=1S/C27H30N2O6/c30-25(29-13-19(14-29)34-16-26(31)32)11-18(17-9-10-17)12-28-27(33)35-15-24-22-7-3-1-5-20(22)21-6-2-4-8-23(21)24/h1-8,17-19,24H,9-16H2,(H,28,33)(H,31,32). The van der Waals surface area contributed by atoms with Crippen LogP contribution in [0.4, 0.5) is 4.79 Å². The average Bonchev–Trinajstić information content (AvgIpc) is 3.62. The number of benzene rings is 2. The van der Waals surface area contributed by atoms with Crippen LogP contribution in [0, 0.1) is 11.8 Å². The molecule has 1 aliphatic heterocycles. The van der Waals surface area contributed by atoms with Gasteiger partial charge in [0.05, 0.1) is 6.10 Å². The van der Waals surface area contributed by atoms with Gasteiger partial charge in [0, 0.05) is 32.0 Å². The van der Waals surface area contributed by atoms with Crippen molar-refractivity contribution in [1.82, 2.24) is 10.2 Å². The Morgan fingerprint density at radius 2 is 1.63 bits per heavy atom. The van der Waals surface area contributed by atoms with E-state index in [1.54, 1.807) is 4.90 Å². The molecule has 2 aliphatic carbocycles. The van der Waals surface area contributed by atoms with Gasteiger partial charge in [0.2, 0.25) is 5.91 Å². The van der Waals surface area contributed by atoms with Crippen LogP contribution in [-0.2, 0) is 19.1 Å². The Labute approximate surface area is 204 Å². The summed E-state index contributed by atoms with van der Waals surface area (Å²) in [4.78, 5) is 37.5. The molecule has 3 aliphatic rings. The fourth-order valence-electron chi connectivity index (χ4n) is 5.13. The SMILES string of the molecule is O=C(O)COC1CN(C(=O)CC(CNC(=O)OCC2c3ccccc3-c3ccccc32)C2CC2)C1. The molecular weight excluding hydrogens is 448 g/mol. The van der Waals surface area contributed by atoms with Crippen LogP contribution < -0.4 is 5.32 Å². The third kappa shape index (κ3) is 5.32. The minimum Gasteiger partial charge on any atom is -0.480 e. The van der Waals surface area contributed by atoms with E-state index in [4.69, 9.17) is 14.6 Å². The Morgan fingerprint density at radius 1 is 1.00 bits per heavy atom. The zero-order valence-corrected chi connectivity index (χ0v) is 19.5. The van der Waals surface area contributed by atoms with Crippen molar-refractivity contribution < 1.29 is 29.0 Å². The van der Waals surface area contributed by atoms with Crippen molar-refractivity contribution in [1.29, 1.82) is 0 Å². The number of ether oxygens (including phenoxy) is 2. The maximum Gasteiger partial charge on any atom is 0.407 e. The molecular formula is C27H30N2O6. The Morgan fingerprint density at radius 3 is 2.23 bits per heavy atom. The highest BCUT2D eigenvalue weighted by Gasteiger charge is 2.37. The van der Waals surface area contributed by atoms with Gasteiger partial charge < -0.3 is 24.8 Å². The molecule has 35 heavy (non-hydrogen) atoms. The third-order valence-electron chi connectivity index (χ3n) is 7.22. The van der Waals surface area contributed by atoms with Crippen LogP contribution >= 0.6 is 0 Å². The van der Waals surface area contributed by atoms with E-state index in [9.17, 15) is 14.4 Å². The van der Waals surface area contributed by atoms with Gasteiger partial charge in [0.25, 0.3) is 0 Å². The maximum absolute atomic E-state index is 12.6. The first kappa shape index (κ1) is 23.4. The fourth-order valence-corrected chi connectivity index (χ4v) is 5.13. The van der Waals surface area contributed by atoms with Crippen molar-refractivity contribution in [2.45, 2.75) is 31.3 Å². The van der Waals surface area contributed by atoms with Crippen molar-refractivity contribution in [3.63, 3.8) is 0 Å². The number of nitrogens with one attached hydrogen (secondary N) is 1. The van der Waals surface area contributed by atoms with Crippen molar-refractivity contribution in [3.05, 3.63) is 59.7 Å². The molecule has 2 aromatic rings. The average molecular weight is 479 g/mol. The van der Waals surface area contributed by atoms with E-state index in [0.717, 1.165) is 12.8 Å². The lowest BCUT2D eigenvalue weighted by Crippen LogP contribution is -2.55. The van der Waals surface area contributed by atoms with E-state index >= 15 is 0 Å². The maximum atomic E-state index is 12.6. The molecule has 1 unspecified atom stereocenters. The first-order valence-electron chi connectivity index (χ1n) is 12.2. The van der Waals surface area contributed by atoms with E-state index in [-0.39, 0.29) is 37.1 Å². The number of aliphatic carboxylic acids is 1. The second kappa shape index (κ2) is 10.1. The van der Waals surface area contributed by atoms with E-state index in [2.05, 4.69) is 29.6 Å². The number of alkyl carbamates (subject to hydrolysis) is 1. The second-order valence-corrected chi connectivity index (χ2v) is 9.63. The predicted octanol–water partition coefficient (Wildman–Crippen LogP) is 3.25. The summed E-state index contributed by atoms with van der Waals surface area (Å²) in [5.41, 5.74) is 4.71. The topological polar surface area (TPSA) is 105 Å². The summed E-state index contributed by atoms with van der Waals surface area (Å²) in [6.45, 7) is 1.16. The number of carboxylic acid groups (broad SMARTS) is 1. The monoisotopic (exact) mass is 478 g/mol. The first-order valence-corrected chi connectivity index (χ1v) is 12.2. The van der Waals surface area contributed by atoms with Crippen LogP contribution in [0.15, 0.2) is 48.5 Å². The van der Waals surface area contributed by atoms with Gasteiger partial charge in [0.1, 0.15) is 13.2 Å². The summed E-state index contributed by atoms with van der Waals surface area (Å²) in [6.07, 6.45) is 1.81. The van der Waals surface area contributed by atoms with Crippen molar-refractivity contribution >= 4 is 18.0 Å². The highest BCUT2D eigenvalue weighted by molar-refractivity contribution is 5.79. The minimum absolute atomic E-state index is 0.0108. The lowest BCUT2D eigenvalue weighted by molar-refractivity contribution is -0.154. The molecule has 0 radical (unpaired) electrons. The van der Waals surface area contributed by atoms with E-state index in [1.807, 2.05) is 24.3 Å². The Balaban J connectivity index is 1.09. The first-order chi connectivity index (χ1) is 17.0. The zero-order chi connectivity index (χ0) is 24.4. The van der Waals surface area contributed by atoms with Crippen LogP contribution in [-0.4, -0.2) is 66.9 Å². The van der Waals surface area contributed by atoms with Gasteiger partial charge in [-0.05, 0) is 46.9 Å². The quantitative estimate of drug-likeness (QED) is 0.543. The smallest absolute Gasteiger partial charge is 0.407 e. The molecule has 0 spiro atoms. The molecule has 8 heteroatoms. The van der Waals surface area contributed by atoms with Crippen LogP contribution in [0.1, 0.15) is 36.3 Å². The second-order valence-electron chi connectivity index (χ2n) is 9.63. The summed E-state index contributed by atoms with van der Waals surface area (Å²) >= 11 is 0. The molecule has 1 saturated heterocycles. The number of hydrogen-bond acceptors (Lipinski definition) is 5. The van der Waals surface area contributed by atoms with Gasteiger partial charge >= 0.3 is 12.1 Å². The fraction of sp³-hybridized carbons (Fsp3) is 0.444. The number of amides is 2. The number of carbonyl (C=O) groups excluding carboxylic acids is 2. The van der Waals surface area contributed by atoms with E-state index in [1.165, 1.54) is 22.3 Å². The Bertz CT molecular complexity index is 1060. The highest BCUT2D eigenvalue weighted by Crippen LogP contribution is 2.44. The van der Waals surface area contributed by atoms with Gasteiger partial charge in [-0.25, -0.2) is 9.59 Å². The summed E-state index contributed by atoms with van der Waals surface area (Å²) in [5.74, 6) is -0.471. The number of nitrogens with zero attached hydrogens (tertiary/aromatic N) is 1. The Hall–Kier alpha value is -3.39. The van der Waals surface area contributed by atoms with Gasteiger partial charge in [-0.1, -0.05) is 48.5 Å². The molecule has 1 saturated carbocycles. The van der Waals surface area contributed by atoms with Crippen molar-refractivity contribution in [2.24, 2.45) is 11.8 Å². The molecule has 5 rings (SSSR count). The lowest BCUT2D eigenvalue weighted by atomic mass is 9.97. The number of carbonyl (C=O) groups is 3. The summed E-state index contributed by atoms with van der Waals surface area (Å²) in [5, 5.41) is 11.6. The molecule has 1 atom stereocenters. The number of fused-ring (bicyclic) bond motifs is 3. The minimum atomic E-state index is -1.01. The van der Waals surface area contributed by atoms with Gasteiger partial charge in [-0.2, -0.15) is 0 Å². The molecule has 0 bridgehead atoms. The summed E-state index contributed by atoms with van der Waals surface area (Å²) in [6, 6.07) is 16.4. The van der Waals surface area contributed by atoms with Crippen molar-refractivity contribution in [2.75, 3.05) is 32.8 Å². The normalized spacial score (nSPS) is 17.8. The van der Waals surface area contributed by atoms with Crippen LogP contribution in [0.2, 0.25) is 0 Å². The number of carboxylic acids is 1. The largest absolute Gasteiger partial charge is 0.480 e. The van der Waals surface area contributed by atoms with Gasteiger partial charge in [0.15, 0.2) is 0 Å². The summed E-state index contributed by atoms with van der Waals surface area (Å²) < 4.78 is 10.8. The van der Waals surface area contributed by atoms with Gasteiger partial charge in [-0.3, -0.25) is 4.79 Å². The molecule has 2 amide bonds. The van der Waals surface area contributed by atoms with Crippen LogP contribution in [0.5, 0.6) is 0 Å². The molecule has 8 nitrogen and oxygen atoms in total. The molecule has 2 N–H and O–H groups in total. The molecule has 0 aromatic heterocycles. The molecule has 2 aromatic carbocycles. The number of hydrogen-bond donors (Lipinski definition) is 2. The van der Waals surface area contributed by atoms with E-state index < -0.39 is 12.1 Å². The van der Waals surface area contributed by atoms with Crippen LogP contribution in [0.25, 0.3) is 11.1 Å². The molecule has 184 valence electrons. The number of rotatable bonds is 10. The predicted molar refractivity (Wildman–Crippen MR) is 128 cm³/mol. The third-order valence-corrected chi connectivity index (χ3v) is 7.22. The van der Waals surface area contributed by atoms with Gasteiger partial charge in [-0.15, -0.1) is 0 Å². The van der Waals surface area contributed by atoms with Crippen LogP contribution in [0.3, 0.4) is 0 Å². The Kier molecular flexibility index (Phi) is 6.72. The molecule has 1 heterocycles. The van der Waals surface area contributed by atoms with Crippen molar-refractivity contribution in [3.8, 4) is 11.1 Å². The highest BCUT2D eigenvalue weighted by atomic mass is 16.5. The zero-order valence-electron chi connectivity index (χ0n) is 19.5. The number of likely N-dealkylation sites (tertiary alicyclic amines) is 1.